The van der Waals surface area contributed by atoms with Crippen molar-refractivity contribution in [3.8, 4) is 17.2 Å². The number of hydrogen-bond acceptors (Lipinski definition) is 4. The third-order valence-electron chi connectivity index (χ3n) is 3.78. The smallest absolute Gasteiger partial charge is 0.231 e. The molecule has 0 radical (unpaired) electrons. The lowest BCUT2D eigenvalue weighted by Crippen LogP contribution is -2.13. The molecule has 0 bridgehead atoms. The highest BCUT2D eigenvalue weighted by atomic mass is 16.7. The van der Waals surface area contributed by atoms with Crippen molar-refractivity contribution in [1.82, 2.24) is 0 Å². The Morgan fingerprint density at radius 3 is 2.43 bits per heavy atom. The van der Waals surface area contributed by atoms with Crippen LogP contribution in [0.15, 0.2) is 42.5 Å². The lowest BCUT2D eigenvalue weighted by Gasteiger charge is -2.19. The number of benzene rings is 2. The van der Waals surface area contributed by atoms with Gasteiger partial charge >= 0.3 is 0 Å². The van der Waals surface area contributed by atoms with Crippen LogP contribution in [-0.2, 0) is 5.41 Å². The molecule has 0 saturated carbocycles. The molecule has 120 valence electrons. The minimum atomic E-state index is -0.0943. The number of carbonyl (C=O) groups is 1. The van der Waals surface area contributed by atoms with Gasteiger partial charge in [-0.2, -0.15) is 0 Å². The maximum atomic E-state index is 12.2. The number of rotatable bonds is 4. The van der Waals surface area contributed by atoms with Gasteiger partial charge in [0.25, 0.3) is 0 Å². The van der Waals surface area contributed by atoms with E-state index >= 15 is 0 Å². The van der Waals surface area contributed by atoms with Crippen molar-refractivity contribution in [1.29, 1.82) is 0 Å². The Morgan fingerprint density at radius 1 is 1.04 bits per heavy atom. The number of carbonyl (C=O) groups excluding carboxylic acids is 1. The van der Waals surface area contributed by atoms with E-state index < -0.39 is 0 Å². The molecule has 0 N–H and O–H groups in total. The zero-order valence-electron chi connectivity index (χ0n) is 13.6. The van der Waals surface area contributed by atoms with E-state index in [1.807, 2.05) is 24.3 Å². The number of hydrogen-bond donors (Lipinski definition) is 0. The number of Topliss-reactive ketones (excluding diaryl/α,β-unsaturated/α-hetero) is 1. The molecule has 4 nitrogen and oxygen atoms in total. The summed E-state index contributed by atoms with van der Waals surface area (Å²) in [5.74, 6) is 1.86. The maximum absolute atomic E-state index is 12.2. The average molecular weight is 312 g/mol. The van der Waals surface area contributed by atoms with Crippen molar-refractivity contribution in [3.63, 3.8) is 0 Å². The Hall–Kier alpha value is -2.49. The lowest BCUT2D eigenvalue weighted by atomic mass is 9.87. The first-order chi connectivity index (χ1) is 10.9. The molecule has 2 aromatic carbocycles. The SMILES string of the molecule is CC(C)(C)c1ccc(OCC(=O)c2ccc3c(c2)OCO3)cc1. The normalized spacial score (nSPS) is 13.0. The van der Waals surface area contributed by atoms with E-state index in [9.17, 15) is 4.79 Å². The standard InChI is InChI=1S/C19H20O4/c1-19(2,3)14-5-7-15(8-6-14)21-11-16(20)13-4-9-17-18(10-13)23-12-22-17/h4-10H,11-12H2,1-3H3. The molecule has 0 amide bonds. The zero-order chi connectivity index (χ0) is 16.4. The van der Waals surface area contributed by atoms with Crippen molar-refractivity contribution in [2.75, 3.05) is 13.4 Å². The summed E-state index contributed by atoms with van der Waals surface area (Å²) in [5, 5.41) is 0. The van der Waals surface area contributed by atoms with E-state index in [0.717, 1.165) is 0 Å². The molecule has 1 heterocycles. The van der Waals surface area contributed by atoms with Crippen molar-refractivity contribution in [2.45, 2.75) is 26.2 Å². The monoisotopic (exact) mass is 312 g/mol. The first-order valence-corrected chi connectivity index (χ1v) is 7.60. The van der Waals surface area contributed by atoms with Crippen LogP contribution < -0.4 is 14.2 Å². The quantitative estimate of drug-likeness (QED) is 0.801. The molecule has 2 aromatic rings. The second kappa shape index (κ2) is 5.95. The van der Waals surface area contributed by atoms with Crippen LogP contribution in [0.4, 0.5) is 0 Å². The Balaban J connectivity index is 1.63. The van der Waals surface area contributed by atoms with Crippen LogP contribution in [0.5, 0.6) is 17.2 Å². The molecule has 1 aliphatic heterocycles. The summed E-state index contributed by atoms with van der Waals surface area (Å²) in [6.45, 7) is 6.67. The molecule has 0 aliphatic carbocycles. The van der Waals surface area contributed by atoms with Gasteiger partial charge in [-0.15, -0.1) is 0 Å². The number of ketones is 1. The summed E-state index contributed by atoms with van der Waals surface area (Å²) in [5.41, 5.74) is 1.88. The maximum Gasteiger partial charge on any atom is 0.231 e. The molecule has 1 aliphatic rings. The molecular formula is C19H20O4. The Bertz CT molecular complexity index is 711. The van der Waals surface area contributed by atoms with Gasteiger partial charge in [0.1, 0.15) is 5.75 Å². The van der Waals surface area contributed by atoms with Gasteiger partial charge in [-0.3, -0.25) is 4.79 Å². The fourth-order valence-corrected chi connectivity index (χ4v) is 2.35. The fourth-order valence-electron chi connectivity index (χ4n) is 2.35. The Morgan fingerprint density at radius 2 is 1.74 bits per heavy atom. The second-order valence-electron chi connectivity index (χ2n) is 6.55. The van der Waals surface area contributed by atoms with Crippen LogP contribution >= 0.6 is 0 Å². The van der Waals surface area contributed by atoms with E-state index in [-0.39, 0.29) is 24.6 Å². The predicted molar refractivity (Wildman–Crippen MR) is 87.5 cm³/mol. The molecule has 4 heteroatoms. The largest absolute Gasteiger partial charge is 0.485 e. The third kappa shape index (κ3) is 3.47. The summed E-state index contributed by atoms with van der Waals surface area (Å²) in [7, 11) is 0. The Labute approximate surface area is 136 Å². The average Bonchev–Trinajstić information content (AvgIpc) is 2.99. The minimum absolute atomic E-state index is 0.00545. The van der Waals surface area contributed by atoms with Crippen molar-refractivity contribution < 1.29 is 19.0 Å². The molecule has 0 saturated heterocycles. The first-order valence-electron chi connectivity index (χ1n) is 7.60. The summed E-state index contributed by atoms with van der Waals surface area (Å²) >= 11 is 0. The van der Waals surface area contributed by atoms with Crippen LogP contribution in [0.1, 0.15) is 36.7 Å². The van der Waals surface area contributed by atoms with Gasteiger partial charge in [-0.05, 0) is 41.3 Å². The Kier molecular flexibility index (Phi) is 3.99. The molecular weight excluding hydrogens is 292 g/mol. The third-order valence-corrected chi connectivity index (χ3v) is 3.78. The van der Waals surface area contributed by atoms with Crippen molar-refractivity contribution in [2.24, 2.45) is 0 Å². The zero-order valence-corrected chi connectivity index (χ0v) is 13.6. The van der Waals surface area contributed by atoms with E-state index in [2.05, 4.69) is 20.8 Å². The van der Waals surface area contributed by atoms with Gasteiger partial charge in [0.2, 0.25) is 6.79 Å². The van der Waals surface area contributed by atoms with Gasteiger partial charge in [0.05, 0.1) is 0 Å². The highest BCUT2D eigenvalue weighted by molar-refractivity contribution is 5.97. The highest BCUT2D eigenvalue weighted by Crippen LogP contribution is 2.32. The molecule has 0 atom stereocenters. The molecule has 0 fully saturated rings. The van der Waals surface area contributed by atoms with Gasteiger partial charge in [-0.25, -0.2) is 0 Å². The van der Waals surface area contributed by atoms with E-state index in [1.165, 1.54) is 5.56 Å². The molecule has 0 unspecified atom stereocenters. The van der Waals surface area contributed by atoms with E-state index in [1.54, 1.807) is 18.2 Å². The molecule has 3 rings (SSSR count). The van der Waals surface area contributed by atoms with Crippen LogP contribution in [0, 0.1) is 0 Å². The van der Waals surface area contributed by atoms with Crippen molar-refractivity contribution >= 4 is 5.78 Å². The topological polar surface area (TPSA) is 44.8 Å². The van der Waals surface area contributed by atoms with Crippen LogP contribution in [0.25, 0.3) is 0 Å². The summed E-state index contributed by atoms with van der Waals surface area (Å²) in [4.78, 5) is 12.2. The molecule has 0 spiro atoms. The lowest BCUT2D eigenvalue weighted by molar-refractivity contribution is 0.0921. The highest BCUT2D eigenvalue weighted by Gasteiger charge is 2.17. The second-order valence-corrected chi connectivity index (χ2v) is 6.55. The predicted octanol–water partition coefficient (Wildman–Crippen LogP) is 3.97. The van der Waals surface area contributed by atoms with Gasteiger partial charge in [0.15, 0.2) is 23.9 Å². The summed E-state index contributed by atoms with van der Waals surface area (Å²) in [6.07, 6.45) is 0. The molecule has 23 heavy (non-hydrogen) atoms. The first kappa shape index (κ1) is 15.4. The summed E-state index contributed by atoms with van der Waals surface area (Å²) < 4.78 is 16.1. The van der Waals surface area contributed by atoms with Gasteiger partial charge in [-0.1, -0.05) is 32.9 Å². The number of ether oxygens (including phenoxy) is 3. The minimum Gasteiger partial charge on any atom is -0.485 e. The van der Waals surface area contributed by atoms with E-state index in [4.69, 9.17) is 14.2 Å². The van der Waals surface area contributed by atoms with Gasteiger partial charge in [0, 0.05) is 5.56 Å². The van der Waals surface area contributed by atoms with Gasteiger partial charge < -0.3 is 14.2 Å². The van der Waals surface area contributed by atoms with Crippen LogP contribution in [0.2, 0.25) is 0 Å². The number of fused-ring (bicyclic) bond motifs is 1. The summed E-state index contributed by atoms with van der Waals surface area (Å²) in [6, 6.07) is 13.0. The van der Waals surface area contributed by atoms with E-state index in [0.29, 0.717) is 22.8 Å². The van der Waals surface area contributed by atoms with Crippen LogP contribution in [-0.4, -0.2) is 19.2 Å². The molecule has 0 aromatic heterocycles. The van der Waals surface area contributed by atoms with Crippen molar-refractivity contribution in [3.05, 3.63) is 53.6 Å². The van der Waals surface area contributed by atoms with Crippen LogP contribution in [0.3, 0.4) is 0 Å². The fraction of sp³-hybridized carbons (Fsp3) is 0.316.